The van der Waals surface area contributed by atoms with E-state index in [-0.39, 0.29) is 6.03 Å². The quantitative estimate of drug-likeness (QED) is 0.749. The number of carbonyl (C=O) groups excluding carboxylic acids is 1. The van der Waals surface area contributed by atoms with Crippen molar-refractivity contribution in [1.82, 2.24) is 24.6 Å². The Morgan fingerprint density at radius 1 is 1.17 bits per heavy atom. The Bertz CT molecular complexity index is 866. The fourth-order valence-corrected chi connectivity index (χ4v) is 2.64. The highest BCUT2D eigenvalue weighted by atomic mass is 16.2. The first kappa shape index (κ1) is 14.2. The van der Waals surface area contributed by atoms with E-state index in [1.807, 2.05) is 6.07 Å². The van der Waals surface area contributed by atoms with Gasteiger partial charge in [-0.2, -0.15) is 5.10 Å². The van der Waals surface area contributed by atoms with Crippen LogP contribution in [0.1, 0.15) is 11.1 Å². The smallest absolute Gasteiger partial charge is 0.323 e. The summed E-state index contributed by atoms with van der Waals surface area (Å²) in [6, 6.07) is 6.92. The molecule has 0 atom stereocenters. The molecule has 0 unspecified atom stereocenters. The maximum absolute atomic E-state index is 12.5. The number of nitrogens with zero attached hydrogens (tertiary/aromatic N) is 5. The van der Waals surface area contributed by atoms with Crippen LogP contribution in [-0.4, -0.2) is 30.7 Å². The predicted octanol–water partition coefficient (Wildman–Crippen LogP) is 1.79. The summed E-state index contributed by atoms with van der Waals surface area (Å²) in [5, 5.41) is 6.90. The second-order valence-corrected chi connectivity index (χ2v) is 5.49. The van der Waals surface area contributed by atoms with Crippen molar-refractivity contribution in [2.75, 3.05) is 11.1 Å². The summed E-state index contributed by atoms with van der Waals surface area (Å²) in [6.45, 7) is 1.07. The Balaban J connectivity index is 1.53. The van der Waals surface area contributed by atoms with Crippen LogP contribution in [0.25, 0.3) is 5.82 Å². The van der Waals surface area contributed by atoms with Gasteiger partial charge in [-0.25, -0.2) is 14.5 Å². The van der Waals surface area contributed by atoms with E-state index >= 15 is 0 Å². The van der Waals surface area contributed by atoms with Crippen LogP contribution in [0.5, 0.6) is 0 Å². The normalized spacial score (nSPS) is 12.9. The van der Waals surface area contributed by atoms with Crippen molar-refractivity contribution in [2.24, 2.45) is 0 Å². The number of urea groups is 1. The van der Waals surface area contributed by atoms with Crippen molar-refractivity contribution >= 4 is 17.5 Å². The topological polar surface area (TPSA) is 102 Å². The lowest BCUT2D eigenvalue weighted by atomic mass is 10.2. The van der Waals surface area contributed by atoms with Gasteiger partial charge in [0, 0.05) is 37.9 Å². The molecule has 0 aliphatic carbocycles. The molecular formula is C16H15N7O. The van der Waals surface area contributed by atoms with Gasteiger partial charge in [0.25, 0.3) is 0 Å². The number of hydrogen-bond donors (Lipinski definition) is 2. The molecule has 120 valence electrons. The van der Waals surface area contributed by atoms with Crippen molar-refractivity contribution in [3.63, 3.8) is 0 Å². The fraction of sp³-hybridized carbons (Fsp3) is 0.125. The third-order valence-electron chi connectivity index (χ3n) is 3.89. The van der Waals surface area contributed by atoms with Gasteiger partial charge in [-0.3, -0.25) is 10.3 Å². The maximum Gasteiger partial charge on any atom is 0.323 e. The van der Waals surface area contributed by atoms with Gasteiger partial charge in [-0.15, -0.1) is 0 Å². The Labute approximate surface area is 137 Å². The number of rotatable bonds is 2. The van der Waals surface area contributed by atoms with Crippen LogP contribution in [0.2, 0.25) is 0 Å². The first-order chi connectivity index (χ1) is 11.7. The Morgan fingerprint density at radius 2 is 2.04 bits per heavy atom. The number of amides is 2. The monoisotopic (exact) mass is 321 g/mol. The Morgan fingerprint density at radius 3 is 2.83 bits per heavy atom. The third-order valence-corrected chi connectivity index (χ3v) is 3.89. The van der Waals surface area contributed by atoms with Crippen molar-refractivity contribution in [3.8, 4) is 5.82 Å². The largest absolute Gasteiger partial charge is 0.396 e. The minimum atomic E-state index is -0.247. The highest BCUT2D eigenvalue weighted by Crippen LogP contribution is 2.23. The molecule has 3 aromatic heterocycles. The first-order valence-corrected chi connectivity index (χ1v) is 7.45. The number of pyridine rings is 2. The van der Waals surface area contributed by atoms with Gasteiger partial charge in [0.2, 0.25) is 0 Å². The standard InChI is InChI=1S/C16H15N7O/c17-13-2-3-14(23-7-1-5-19-23)20-15(13)21-16(24)22-9-11-4-6-18-8-12(11)10-22/h1-8H,9-10,17H2,(H,20,21,24). The average Bonchev–Trinajstić information content (AvgIpc) is 3.26. The molecule has 0 radical (unpaired) electrons. The minimum absolute atomic E-state index is 0.247. The molecule has 0 saturated carbocycles. The average molecular weight is 321 g/mol. The van der Waals surface area contributed by atoms with Crippen LogP contribution in [0.15, 0.2) is 49.1 Å². The van der Waals surface area contributed by atoms with Crippen LogP contribution in [0, 0.1) is 0 Å². The molecule has 2 amide bonds. The summed E-state index contributed by atoms with van der Waals surface area (Å²) >= 11 is 0. The fourth-order valence-electron chi connectivity index (χ4n) is 2.64. The van der Waals surface area contributed by atoms with Crippen LogP contribution in [0.3, 0.4) is 0 Å². The number of anilines is 2. The Kier molecular flexibility index (Phi) is 3.34. The van der Waals surface area contributed by atoms with E-state index in [0.29, 0.717) is 30.4 Å². The zero-order chi connectivity index (χ0) is 16.5. The lowest BCUT2D eigenvalue weighted by Gasteiger charge is -2.17. The second-order valence-electron chi connectivity index (χ2n) is 5.49. The van der Waals surface area contributed by atoms with Crippen LogP contribution >= 0.6 is 0 Å². The molecule has 3 N–H and O–H groups in total. The molecular weight excluding hydrogens is 306 g/mol. The van der Waals surface area contributed by atoms with Crippen molar-refractivity contribution in [1.29, 1.82) is 0 Å². The summed E-state index contributed by atoms with van der Waals surface area (Å²) in [5.74, 6) is 0.903. The molecule has 3 aromatic rings. The summed E-state index contributed by atoms with van der Waals surface area (Å²) in [6.07, 6.45) is 6.95. The summed E-state index contributed by atoms with van der Waals surface area (Å²) < 4.78 is 1.60. The molecule has 0 fully saturated rings. The molecule has 1 aliphatic rings. The SMILES string of the molecule is Nc1ccc(-n2cccn2)nc1NC(=O)N1Cc2ccncc2C1. The van der Waals surface area contributed by atoms with E-state index in [0.717, 1.165) is 11.1 Å². The molecule has 0 bridgehead atoms. The van der Waals surface area contributed by atoms with Gasteiger partial charge in [0.1, 0.15) is 0 Å². The predicted molar refractivity (Wildman–Crippen MR) is 88.3 cm³/mol. The lowest BCUT2D eigenvalue weighted by molar-refractivity contribution is 0.212. The number of fused-ring (bicyclic) bond motifs is 1. The number of hydrogen-bond acceptors (Lipinski definition) is 5. The summed E-state index contributed by atoms with van der Waals surface area (Å²) in [4.78, 5) is 22.7. The third kappa shape index (κ3) is 2.54. The van der Waals surface area contributed by atoms with Gasteiger partial charge in [-0.05, 0) is 35.4 Å². The minimum Gasteiger partial charge on any atom is -0.396 e. The van der Waals surface area contributed by atoms with Crippen molar-refractivity contribution in [2.45, 2.75) is 13.1 Å². The van der Waals surface area contributed by atoms with Gasteiger partial charge in [-0.1, -0.05) is 0 Å². The molecule has 1 aliphatic heterocycles. The number of aromatic nitrogens is 4. The molecule has 8 nitrogen and oxygen atoms in total. The summed E-state index contributed by atoms with van der Waals surface area (Å²) in [5.41, 5.74) is 8.50. The Hall–Kier alpha value is -3.42. The van der Waals surface area contributed by atoms with Gasteiger partial charge in [0.15, 0.2) is 11.6 Å². The molecule has 4 heterocycles. The molecule has 0 saturated heterocycles. The second kappa shape index (κ2) is 5.65. The van der Waals surface area contributed by atoms with Crippen LogP contribution < -0.4 is 11.1 Å². The van der Waals surface area contributed by atoms with E-state index in [9.17, 15) is 4.79 Å². The molecule has 8 heteroatoms. The van der Waals surface area contributed by atoms with E-state index < -0.39 is 0 Å². The van der Waals surface area contributed by atoms with Gasteiger partial charge >= 0.3 is 6.03 Å². The van der Waals surface area contributed by atoms with E-state index in [1.54, 1.807) is 52.6 Å². The highest BCUT2D eigenvalue weighted by Gasteiger charge is 2.24. The number of nitrogens with two attached hydrogens (primary N) is 1. The van der Waals surface area contributed by atoms with Crippen LogP contribution in [0.4, 0.5) is 16.3 Å². The molecule has 4 rings (SSSR count). The van der Waals surface area contributed by atoms with Crippen molar-refractivity contribution in [3.05, 3.63) is 60.2 Å². The highest BCUT2D eigenvalue weighted by molar-refractivity contribution is 5.91. The van der Waals surface area contributed by atoms with Crippen molar-refractivity contribution < 1.29 is 4.79 Å². The van der Waals surface area contributed by atoms with E-state index in [4.69, 9.17) is 5.73 Å². The van der Waals surface area contributed by atoms with E-state index in [2.05, 4.69) is 20.4 Å². The summed E-state index contributed by atoms with van der Waals surface area (Å²) in [7, 11) is 0. The van der Waals surface area contributed by atoms with Gasteiger partial charge < -0.3 is 10.6 Å². The number of carbonyl (C=O) groups is 1. The maximum atomic E-state index is 12.5. The zero-order valence-electron chi connectivity index (χ0n) is 12.8. The number of nitrogen functional groups attached to an aromatic ring is 1. The molecule has 0 aromatic carbocycles. The van der Waals surface area contributed by atoms with Gasteiger partial charge in [0.05, 0.1) is 5.69 Å². The molecule has 0 spiro atoms. The first-order valence-electron chi connectivity index (χ1n) is 7.45. The van der Waals surface area contributed by atoms with Crippen LogP contribution in [-0.2, 0) is 13.1 Å². The lowest BCUT2D eigenvalue weighted by Crippen LogP contribution is -2.31. The zero-order valence-corrected chi connectivity index (χ0v) is 12.8. The van der Waals surface area contributed by atoms with E-state index in [1.165, 1.54) is 0 Å². The molecule has 24 heavy (non-hydrogen) atoms. The number of nitrogens with one attached hydrogen (secondary N) is 1.